The second-order valence-electron chi connectivity index (χ2n) is 7.76. The van der Waals surface area contributed by atoms with Crippen LogP contribution in [-0.4, -0.2) is 43.5 Å². The van der Waals surface area contributed by atoms with E-state index in [2.05, 4.69) is 5.32 Å². The van der Waals surface area contributed by atoms with Crippen molar-refractivity contribution in [2.75, 3.05) is 18.6 Å². The Labute approximate surface area is 180 Å². The number of sulfone groups is 1. The Hall–Kier alpha value is -3.13. The first-order valence-electron chi connectivity index (χ1n) is 10.1. The zero-order valence-corrected chi connectivity index (χ0v) is 18.0. The average Bonchev–Trinajstić information content (AvgIpc) is 3.11. The van der Waals surface area contributed by atoms with E-state index in [0.29, 0.717) is 35.7 Å². The van der Waals surface area contributed by atoms with E-state index in [4.69, 9.17) is 4.74 Å². The molecule has 1 unspecified atom stereocenters. The molecule has 8 heteroatoms. The minimum atomic E-state index is -3.10. The van der Waals surface area contributed by atoms with Gasteiger partial charge in [0.2, 0.25) is 0 Å². The maximum atomic E-state index is 13.0. The van der Waals surface area contributed by atoms with Crippen LogP contribution in [0.1, 0.15) is 22.3 Å². The molecular weight excluding hydrogens is 416 g/mol. The number of nitrogens with zero attached hydrogens (tertiary/aromatic N) is 1. The van der Waals surface area contributed by atoms with Crippen molar-refractivity contribution in [3.8, 4) is 5.75 Å². The molecule has 31 heavy (non-hydrogen) atoms. The van der Waals surface area contributed by atoms with E-state index in [1.165, 1.54) is 0 Å². The zero-order valence-electron chi connectivity index (χ0n) is 17.2. The largest absolute Gasteiger partial charge is 0.497 e. The number of pyridine rings is 1. The number of hydrogen-bond donors (Lipinski definition) is 1. The van der Waals surface area contributed by atoms with Crippen LogP contribution in [0.25, 0.3) is 10.8 Å². The Bertz CT molecular complexity index is 1280. The van der Waals surface area contributed by atoms with Gasteiger partial charge in [-0.15, -0.1) is 0 Å². The molecule has 1 aliphatic heterocycles. The van der Waals surface area contributed by atoms with E-state index in [-0.39, 0.29) is 23.0 Å². The number of amides is 1. The molecular formula is C23H24N2O5S. The molecule has 162 valence electrons. The molecule has 1 fully saturated rings. The first kappa shape index (κ1) is 21.1. The van der Waals surface area contributed by atoms with E-state index in [1.54, 1.807) is 42.1 Å². The number of ether oxygens (including phenoxy) is 1. The molecule has 0 spiro atoms. The fourth-order valence-electron chi connectivity index (χ4n) is 3.90. The standard InChI is InChI=1S/C23H24N2O5S/c1-30-18-8-6-16(7-9-18)10-12-25-14-21(19-4-2-3-5-20(19)23(25)27)22(26)24-17-11-13-31(28,29)15-17/h2-9,14,17H,10-13,15H2,1H3,(H,24,26). The summed E-state index contributed by atoms with van der Waals surface area (Å²) >= 11 is 0. The Morgan fingerprint density at radius 1 is 1.13 bits per heavy atom. The fraction of sp³-hybridized carbons (Fsp3) is 0.304. The molecule has 1 N–H and O–H groups in total. The first-order chi connectivity index (χ1) is 14.9. The summed E-state index contributed by atoms with van der Waals surface area (Å²) in [7, 11) is -1.50. The number of fused-ring (bicyclic) bond motifs is 1. The van der Waals surface area contributed by atoms with Gasteiger partial charge in [0.15, 0.2) is 9.84 Å². The van der Waals surface area contributed by atoms with Crippen LogP contribution in [0.3, 0.4) is 0 Å². The zero-order chi connectivity index (χ0) is 22.0. The van der Waals surface area contributed by atoms with Gasteiger partial charge in [0, 0.05) is 29.6 Å². The molecule has 2 aromatic carbocycles. The molecule has 4 rings (SSSR count). The van der Waals surface area contributed by atoms with Crippen molar-refractivity contribution in [3.05, 3.63) is 76.2 Å². The smallest absolute Gasteiger partial charge is 0.258 e. The number of benzene rings is 2. The molecule has 0 bridgehead atoms. The van der Waals surface area contributed by atoms with Crippen LogP contribution < -0.4 is 15.6 Å². The molecule has 0 saturated carbocycles. The highest BCUT2D eigenvalue weighted by Gasteiger charge is 2.29. The summed E-state index contributed by atoms with van der Waals surface area (Å²) in [4.78, 5) is 26.0. The SMILES string of the molecule is COc1ccc(CCn2cc(C(=O)NC3CCS(=O)(=O)C3)c3ccccc3c2=O)cc1. The van der Waals surface area contributed by atoms with Crippen LogP contribution in [-0.2, 0) is 22.8 Å². The van der Waals surface area contributed by atoms with E-state index in [9.17, 15) is 18.0 Å². The van der Waals surface area contributed by atoms with Crippen LogP contribution in [0.15, 0.2) is 59.5 Å². The summed E-state index contributed by atoms with van der Waals surface area (Å²) in [5.41, 5.74) is 1.25. The van der Waals surface area contributed by atoms with Crippen molar-refractivity contribution in [2.24, 2.45) is 0 Å². The maximum absolute atomic E-state index is 13.0. The van der Waals surface area contributed by atoms with Crippen molar-refractivity contribution in [3.63, 3.8) is 0 Å². The van der Waals surface area contributed by atoms with Crippen molar-refractivity contribution < 1.29 is 17.9 Å². The first-order valence-corrected chi connectivity index (χ1v) is 11.9. The summed E-state index contributed by atoms with van der Waals surface area (Å²) in [6.45, 7) is 0.411. The lowest BCUT2D eigenvalue weighted by Gasteiger charge is -2.15. The maximum Gasteiger partial charge on any atom is 0.258 e. The molecule has 0 radical (unpaired) electrons. The number of nitrogens with one attached hydrogen (secondary N) is 1. The van der Waals surface area contributed by atoms with Gasteiger partial charge in [-0.05, 0) is 36.6 Å². The summed E-state index contributed by atoms with van der Waals surface area (Å²) in [6, 6.07) is 14.2. The second kappa shape index (κ2) is 8.55. The van der Waals surface area contributed by atoms with Crippen LogP contribution in [0.4, 0.5) is 0 Å². The normalized spacial score (nSPS) is 17.5. The van der Waals surface area contributed by atoms with Gasteiger partial charge in [0.25, 0.3) is 11.5 Å². The Morgan fingerprint density at radius 3 is 2.48 bits per heavy atom. The van der Waals surface area contributed by atoms with Crippen LogP contribution in [0.2, 0.25) is 0 Å². The topological polar surface area (TPSA) is 94.5 Å². The van der Waals surface area contributed by atoms with Gasteiger partial charge in [-0.3, -0.25) is 9.59 Å². The molecule has 1 aromatic heterocycles. The lowest BCUT2D eigenvalue weighted by Crippen LogP contribution is -2.36. The Kier molecular flexibility index (Phi) is 5.82. The lowest BCUT2D eigenvalue weighted by atomic mass is 10.1. The second-order valence-corrected chi connectivity index (χ2v) is 9.99. The number of methoxy groups -OCH3 is 1. The third-order valence-corrected chi connectivity index (χ3v) is 7.37. The van der Waals surface area contributed by atoms with Gasteiger partial charge in [-0.1, -0.05) is 30.3 Å². The van der Waals surface area contributed by atoms with Gasteiger partial charge in [0.05, 0.1) is 24.2 Å². The van der Waals surface area contributed by atoms with Crippen molar-refractivity contribution >= 4 is 26.5 Å². The summed E-state index contributed by atoms with van der Waals surface area (Å²) in [6.07, 6.45) is 2.60. The van der Waals surface area contributed by atoms with Gasteiger partial charge >= 0.3 is 0 Å². The van der Waals surface area contributed by atoms with Gasteiger partial charge in [-0.2, -0.15) is 0 Å². The minimum Gasteiger partial charge on any atom is -0.497 e. The number of carbonyl (C=O) groups is 1. The van der Waals surface area contributed by atoms with E-state index in [0.717, 1.165) is 11.3 Å². The van der Waals surface area contributed by atoms with E-state index < -0.39 is 15.9 Å². The average molecular weight is 441 g/mol. The quantitative estimate of drug-likeness (QED) is 0.634. The molecule has 0 aliphatic carbocycles. The van der Waals surface area contributed by atoms with Crippen molar-refractivity contribution in [2.45, 2.75) is 25.4 Å². The number of hydrogen-bond acceptors (Lipinski definition) is 5. The molecule has 2 heterocycles. The molecule has 3 aromatic rings. The number of carbonyl (C=O) groups excluding carboxylic acids is 1. The number of aromatic nitrogens is 1. The van der Waals surface area contributed by atoms with Crippen molar-refractivity contribution in [1.82, 2.24) is 9.88 Å². The molecule has 1 atom stereocenters. The third kappa shape index (κ3) is 4.64. The van der Waals surface area contributed by atoms with Crippen LogP contribution in [0.5, 0.6) is 5.75 Å². The monoisotopic (exact) mass is 440 g/mol. The van der Waals surface area contributed by atoms with E-state index in [1.807, 2.05) is 24.3 Å². The highest BCUT2D eigenvalue weighted by Crippen LogP contribution is 2.18. The fourth-order valence-corrected chi connectivity index (χ4v) is 5.58. The van der Waals surface area contributed by atoms with Gasteiger partial charge in [-0.25, -0.2) is 8.42 Å². The third-order valence-electron chi connectivity index (χ3n) is 5.61. The predicted octanol–water partition coefficient (Wildman–Crippen LogP) is 2.17. The summed E-state index contributed by atoms with van der Waals surface area (Å²) in [5.74, 6) is 0.435. The molecule has 1 amide bonds. The van der Waals surface area contributed by atoms with Crippen LogP contribution in [0, 0.1) is 0 Å². The lowest BCUT2D eigenvalue weighted by molar-refractivity contribution is 0.0942. The predicted molar refractivity (Wildman–Crippen MR) is 119 cm³/mol. The minimum absolute atomic E-state index is 0.0478. The number of aryl methyl sites for hydroxylation is 2. The highest BCUT2D eigenvalue weighted by atomic mass is 32.2. The Balaban J connectivity index is 1.62. The summed E-state index contributed by atoms with van der Waals surface area (Å²) < 4.78 is 30.2. The molecule has 1 aliphatic rings. The highest BCUT2D eigenvalue weighted by molar-refractivity contribution is 7.91. The van der Waals surface area contributed by atoms with Gasteiger partial charge < -0.3 is 14.6 Å². The Morgan fingerprint density at radius 2 is 1.84 bits per heavy atom. The van der Waals surface area contributed by atoms with Crippen molar-refractivity contribution in [1.29, 1.82) is 0 Å². The van der Waals surface area contributed by atoms with E-state index >= 15 is 0 Å². The van der Waals surface area contributed by atoms with Gasteiger partial charge in [0.1, 0.15) is 5.75 Å². The van der Waals surface area contributed by atoms with Crippen LogP contribution >= 0.6 is 0 Å². The molecule has 7 nitrogen and oxygen atoms in total. The summed E-state index contributed by atoms with van der Waals surface area (Å²) in [5, 5.41) is 3.85. The number of rotatable bonds is 6. The molecule has 1 saturated heterocycles.